The highest BCUT2D eigenvalue weighted by molar-refractivity contribution is 5.98. The SMILES string of the molecule is O=C(NNC(=O)C12C[C@@H]3C[C@@H](CC(O)(C3)C1)C2)c1ccc2c(=O)n3c(nc2c1)CCC3. The van der Waals surface area contributed by atoms with Gasteiger partial charge in [-0.25, -0.2) is 4.98 Å². The Kier molecular flexibility index (Phi) is 3.91. The fourth-order valence-electron chi connectivity index (χ4n) is 7.02. The summed E-state index contributed by atoms with van der Waals surface area (Å²) in [7, 11) is 0. The van der Waals surface area contributed by atoms with Gasteiger partial charge in [0.2, 0.25) is 5.91 Å². The van der Waals surface area contributed by atoms with Crippen molar-refractivity contribution in [3.63, 3.8) is 0 Å². The van der Waals surface area contributed by atoms with Gasteiger partial charge in [0.1, 0.15) is 5.82 Å². The molecule has 2 aromatic rings. The summed E-state index contributed by atoms with van der Waals surface area (Å²) in [6, 6.07) is 4.81. The molecule has 4 bridgehead atoms. The summed E-state index contributed by atoms with van der Waals surface area (Å²) in [4.78, 5) is 42.9. The Labute approximate surface area is 179 Å². The van der Waals surface area contributed by atoms with Crippen molar-refractivity contribution in [2.45, 2.75) is 63.5 Å². The van der Waals surface area contributed by atoms with Crippen LogP contribution in [0.3, 0.4) is 0 Å². The monoisotopic (exact) mass is 422 g/mol. The number of nitrogens with zero attached hydrogens (tertiary/aromatic N) is 2. The Hall–Kier alpha value is -2.74. The normalized spacial score (nSPS) is 32.8. The molecule has 0 radical (unpaired) electrons. The molecule has 31 heavy (non-hydrogen) atoms. The third-order valence-corrected chi connectivity index (χ3v) is 7.88. The molecule has 2 heterocycles. The van der Waals surface area contributed by atoms with E-state index < -0.39 is 16.9 Å². The van der Waals surface area contributed by atoms with Crippen LogP contribution in [0.15, 0.2) is 23.0 Å². The van der Waals surface area contributed by atoms with Gasteiger partial charge in [0, 0.05) is 18.5 Å². The summed E-state index contributed by atoms with van der Waals surface area (Å²) in [6.07, 6.45) is 6.37. The predicted molar refractivity (Wildman–Crippen MR) is 112 cm³/mol. The highest BCUT2D eigenvalue weighted by Gasteiger charge is 2.60. The molecule has 4 fully saturated rings. The smallest absolute Gasteiger partial charge is 0.269 e. The number of carbonyl (C=O) groups excluding carboxylic acids is 2. The lowest BCUT2D eigenvalue weighted by molar-refractivity contribution is -0.178. The van der Waals surface area contributed by atoms with Crippen LogP contribution >= 0.6 is 0 Å². The van der Waals surface area contributed by atoms with Gasteiger partial charge in [-0.05, 0) is 75.0 Å². The van der Waals surface area contributed by atoms with Crippen LogP contribution < -0.4 is 16.4 Å². The Morgan fingerprint density at radius 2 is 1.90 bits per heavy atom. The van der Waals surface area contributed by atoms with Crippen molar-refractivity contribution in [2.24, 2.45) is 17.3 Å². The minimum absolute atomic E-state index is 0.0718. The maximum atomic E-state index is 13.1. The molecular weight excluding hydrogens is 396 g/mol. The fourth-order valence-corrected chi connectivity index (χ4v) is 7.02. The molecule has 5 aliphatic rings. The van der Waals surface area contributed by atoms with Gasteiger partial charge in [0.15, 0.2) is 0 Å². The topological polar surface area (TPSA) is 113 Å². The van der Waals surface area contributed by atoms with Gasteiger partial charge < -0.3 is 5.11 Å². The summed E-state index contributed by atoms with van der Waals surface area (Å²) in [5, 5.41) is 11.4. The first-order valence-electron chi connectivity index (χ1n) is 11.2. The van der Waals surface area contributed by atoms with Crippen molar-refractivity contribution in [1.29, 1.82) is 0 Å². The molecule has 4 aliphatic carbocycles. The minimum atomic E-state index is -0.732. The highest BCUT2D eigenvalue weighted by atomic mass is 16.3. The maximum Gasteiger partial charge on any atom is 0.269 e. The molecule has 4 saturated carbocycles. The summed E-state index contributed by atoms with van der Waals surface area (Å²) in [6.45, 7) is 0.684. The van der Waals surface area contributed by atoms with Gasteiger partial charge in [-0.2, -0.15) is 0 Å². The van der Waals surface area contributed by atoms with Crippen LogP contribution in [-0.4, -0.2) is 32.1 Å². The summed E-state index contributed by atoms with van der Waals surface area (Å²) < 4.78 is 1.70. The molecule has 3 N–H and O–H groups in total. The zero-order valence-electron chi connectivity index (χ0n) is 17.3. The Morgan fingerprint density at radius 1 is 1.13 bits per heavy atom. The van der Waals surface area contributed by atoms with E-state index in [9.17, 15) is 19.5 Å². The van der Waals surface area contributed by atoms with Crippen LogP contribution in [0.4, 0.5) is 0 Å². The molecule has 7 rings (SSSR count). The number of nitrogens with one attached hydrogen (secondary N) is 2. The number of fused-ring (bicyclic) bond motifs is 2. The fraction of sp³-hybridized carbons (Fsp3) is 0.565. The highest BCUT2D eigenvalue weighted by Crippen LogP contribution is 2.61. The van der Waals surface area contributed by atoms with E-state index in [1.807, 2.05) is 0 Å². The molecule has 0 saturated heterocycles. The number of aliphatic hydroxyl groups is 1. The molecule has 4 atom stereocenters. The maximum absolute atomic E-state index is 13.1. The van der Waals surface area contributed by atoms with Crippen molar-refractivity contribution in [2.75, 3.05) is 0 Å². The number of hydrazine groups is 1. The van der Waals surface area contributed by atoms with Crippen LogP contribution in [0.2, 0.25) is 0 Å². The number of amides is 2. The summed E-state index contributed by atoms with van der Waals surface area (Å²) in [5.74, 6) is 0.882. The third kappa shape index (κ3) is 2.91. The van der Waals surface area contributed by atoms with Gasteiger partial charge in [0.05, 0.1) is 21.9 Å². The second-order valence-electron chi connectivity index (χ2n) is 10.2. The number of hydrogen-bond donors (Lipinski definition) is 3. The average molecular weight is 422 g/mol. The summed E-state index contributed by atoms with van der Waals surface area (Å²) in [5.41, 5.74) is 4.60. The Bertz CT molecular complexity index is 1170. The molecule has 162 valence electrons. The Balaban J connectivity index is 1.20. The van der Waals surface area contributed by atoms with Crippen LogP contribution in [0.25, 0.3) is 10.9 Å². The van der Waals surface area contributed by atoms with Crippen molar-refractivity contribution in [3.05, 3.63) is 39.9 Å². The molecule has 0 spiro atoms. The number of carbonyl (C=O) groups is 2. The largest absolute Gasteiger partial charge is 0.390 e. The number of aromatic nitrogens is 2. The molecule has 1 aromatic carbocycles. The zero-order chi connectivity index (χ0) is 21.4. The second-order valence-corrected chi connectivity index (χ2v) is 10.2. The lowest BCUT2D eigenvalue weighted by Crippen LogP contribution is -2.61. The number of hydrogen-bond acceptors (Lipinski definition) is 5. The molecular formula is C23H26N4O4. The quantitative estimate of drug-likeness (QED) is 0.634. The molecule has 2 unspecified atom stereocenters. The van der Waals surface area contributed by atoms with E-state index in [1.54, 1.807) is 22.8 Å². The van der Waals surface area contributed by atoms with E-state index in [0.29, 0.717) is 41.3 Å². The first-order chi connectivity index (χ1) is 14.8. The predicted octanol–water partition coefficient (Wildman–Crippen LogP) is 1.43. The first-order valence-corrected chi connectivity index (χ1v) is 11.2. The average Bonchev–Trinajstić information content (AvgIpc) is 3.18. The third-order valence-electron chi connectivity index (χ3n) is 7.88. The minimum Gasteiger partial charge on any atom is -0.390 e. The van der Waals surface area contributed by atoms with Crippen LogP contribution in [0.5, 0.6) is 0 Å². The van der Waals surface area contributed by atoms with E-state index in [1.165, 1.54) is 0 Å². The van der Waals surface area contributed by atoms with Crippen molar-refractivity contribution >= 4 is 22.7 Å². The number of rotatable bonds is 2. The molecule has 8 nitrogen and oxygen atoms in total. The van der Waals surface area contributed by atoms with Crippen molar-refractivity contribution in [1.82, 2.24) is 20.4 Å². The first kappa shape index (κ1) is 19.0. The molecule has 2 amide bonds. The lowest BCUT2D eigenvalue weighted by atomic mass is 9.47. The van der Waals surface area contributed by atoms with Crippen LogP contribution in [0.1, 0.15) is 61.1 Å². The van der Waals surface area contributed by atoms with Gasteiger partial charge in [-0.3, -0.25) is 29.8 Å². The van der Waals surface area contributed by atoms with Gasteiger partial charge in [0.25, 0.3) is 11.5 Å². The standard InChI is InChI=1S/C23H26N4O4/c28-19(15-3-4-16-17(7-15)24-18-2-1-5-27(18)20(16)29)25-26-21(30)22-8-13-6-14(9-22)11-23(31,10-13)12-22/h3-4,7,13-14,31H,1-2,5-6,8-12H2,(H,25,28)(H,26,30)/t13-,14+,22?,23?. The van der Waals surface area contributed by atoms with E-state index in [2.05, 4.69) is 15.8 Å². The van der Waals surface area contributed by atoms with E-state index in [4.69, 9.17) is 0 Å². The van der Waals surface area contributed by atoms with Crippen molar-refractivity contribution < 1.29 is 14.7 Å². The van der Waals surface area contributed by atoms with Crippen LogP contribution in [-0.2, 0) is 17.8 Å². The van der Waals surface area contributed by atoms with E-state index in [0.717, 1.165) is 50.8 Å². The number of benzene rings is 1. The Morgan fingerprint density at radius 3 is 2.65 bits per heavy atom. The lowest BCUT2D eigenvalue weighted by Gasteiger charge is -2.59. The van der Waals surface area contributed by atoms with Gasteiger partial charge in [-0.1, -0.05) is 0 Å². The zero-order valence-corrected chi connectivity index (χ0v) is 17.3. The van der Waals surface area contributed by atoms with Crippen molar-refractivity contribution in [3.8, 4) is 0 Å². The van der Waals surface area contributed by atoms with E-state index >= 15 is 0 Å². The van der Waals surface area contributed by atoms with Gasteiger partial charge in [-0.15, -0.1) is 0 Å². The molecule has 1 aliphatic heterocycles. The molecule has 1 aromatic heterocycles. The molecule has 8 heteroatoms. The van der Waals surface area contributed by atoms with Gasteiger partial charge >= 0.3 is 0 Å². The second kappa shape index (κ2) is 6.38. The summed E-state index contributed by atoms with van der Waals surface area (Å²) >= 11 is 0. The van der Waals surface area contributed by atoms with Crippen LogP contribution in [0, 0.1) is 17.3 Å². The van der Waals surface area contributed by atoms with E-state index in [-0.39, 0.29) is 11.5 Å². The number of aryl methyl sites for hydroxylation is 1.